The minimum atomic E-state index is -4.60. The summed E-state index contributed by atoms with van der Waals surface area (Å²) < 4.78 is 39.4. The highest BCUT2D eigenvalue weighted by Gasteiger charge is 2.35. The van der Waals surface area contributed by atoms with Crippen LogP contribution in [-0.4, -0.2) is 96.3 Å². The number of pyridine rings is 1. The normalized spacial score (nSPS) is 14.9. The van der Waals surface area contributed by atoms with Crippen LogP contribution in [0.3, 0.4) is 0 Å². The van der Waals surface area contributed by atoms with Crippen LogP contribution >= 0.6 is 23.2 Å². The number of nitrogens with zero attached hydrogens (tertiary/aromatic N) is 3. The molecule has 0 saturated heterocycles. The van der Waals surface area contributed by atoms with E-state index in [1.165, 1.54) is 17.7 Å². The molecular weight excluding hydrogens is 588 g/mol. The molecular formula is C26H33Cl2F3N6O4. The third-order valence-electron chi connectivity index (χ3n) is 6.22. The number of hydrogen-bond acceptors (Lipinski definition) is 7. The molecule has 3 heterocycles. The van der Waals surface area contributed by atoms with Crippen molar-refractivity contribution in [1.29, 1.82) is 0 Å². The highest BCUT2D eigenvalue weighted by atomic mass is 35.5. The highest BCUT2D eigenvalue weighted by Crippen LogP contribution is 2.36. The minimum absolute atomic E-state index is 0.0952. The van der Waals surface area contributed by atoms with Crippen LogP contribution in [0.1, 0.15) is 23.0 Å². The number of likely N-dealkylation sites (N-methyl/N-ethyl adjacent to an activating group) is 1. The fourth-order valence-electron chi connectivity index (χ4n) is 4.50. The second-order valence-corrected chi connectivity index (χ2v) is 10.0. The Kier molecular flexibility index (Phi) is 13.6. The predicted molar refractivity (Wildman–Crippen MR) is 153 cm³/mol. The zero-order chi connectivity index (χ0) is 30.6. The van der Waals surface area contributed by atoms with Crippen molar-refractivity contribution in [1.82, 2.24) is 25.1 Å². The number of carbonyl (C=O) groups is 2. The summed E-state index contributed by atoms with van der Waals surface area (Å²) in [7, 11) is 4.07. The molecule has 1 aliphatic rings. The fraction of sp³-hybridized carbons (Fsp3) is 0.423. The number of alkyl halides is 3. The van der Waals surface area contributed by atoms with Gasteiger partial charge in [0, 0.05) is 60.9 Å². The van der Waals surface area contributed by atoms with E-state index in [4.69, 9.17) is 43.0 Å². The number of rotatable bonds is 9. The Morgan fingerprint density at radius 1 is 1.15 bits per heavy atom. The molecule has 0 saturated carbocycles. The van der Waals surface area contributed by atoms with Crippen molar-refractivity contribution in [3.63, 3.8) is 0 Å². The molecule has 0 bridgehead atoms. The number of benzene rings is 1. The van der Waals surface area contributed by atoms with Crippen LogP contribution in [0.2, 0.25) is 10.0 Å². The van der Waals surface area contributed by atoms with Crippen LogP contribution in [0.15, 0.2) is 30.3 Å². The zero-order valence-corrected chi connectivity index (χ0v) is 24.0. The quantitative estimate of drug-likeness (QED) is 0.174. The Morgan fingerprint density at radius 2 is 1.83 bits per heavy atom. The maximum atomic E-state index is 13.1. The van der Waals surface area contributed by atoms with Crippen molar-refractivity contribution >= 4 is 52.9 Å². The van der Waals surface area contributed by atoms with E-state index in [2.05, 4.69) is 30.4 Å². The van der Waals surface area contributed by atoms with Gasteiger partial charge in [-0.25, -0.2) is 4.98 Å². The molecule has 5 N–H and O–H groups in total. The van der Waals surface area contributed by atoms with Crippen LogP contribution in [0, 0.1) is 0 Å². The summed E-state index contributed by atoms with van der Waals surface area (Å²) in [5.41, 5.74) is 2.42. The van der Waals surface area contributed by atoms with E-state index in [0.29, 0.717) is 18.1 Å². The Balaban J connectivity index is 0.000000901. The maximum Gasteiger partial charge on any atom is 0.434 e. The molecule has 0 aliphatic carbocycles. The molecule has 0 radical (unpaired) electrons. The van der Waals surface area contributed by atoms with Gasteiger partial charge < -0.3 is 30.7 Å². The van der Waals surface area contributed by atoms with Crippen molar-refractivity contribution in [2.75, 3.05) is 58.7 Å². The number of hydrogen-bond donors (Lipinski definition) is 5. The van der Waals surface area contributed by atoms with Crippen molar-refractivity contribution < 1.29 is 33.0 Å². The van der Waals surface area contributed by atoms with E-state index in [9.17, 15) is 13.2 Å². The van der Waals surface area contributed by atoms with Crippen molar-refractivity contribution in [2.45, 2.75) is 18.6 Å². The zero-order valence-electron chi connectivity index (χ0n) is 22.5. The average Bonchev–Trinajstić information content (AvgIpc) is 3.26. The second kappa shape index (κ2) is 16.4. The number of aromatic nitrogens is 2. The Bertz CT molecular complexity index is 1270. The van der Waals surface area contributed by atoms with E-state index in [0.717, 1.165) is 49.2 Å². The molecule has 1 unspecified atom stereocenters. The molecule has 1 atom stereocenters. The van der Waals surface area contributed by atoms with Gasteiger partial charge in [0.1, 0.15) is 5.82 Å². The summed E-state index contributed by atoms with van der Waals surface area (Å²) in [6.07, 6.45) is -3.73. The highest BCUT2D eigenvalue weighted by molar-refractivity contribution is 6.31. The van der Waals surface area contributed by atoms with E-state index in [1.54, 1.807) is 0 Å². The standard InChI is InChI=1S/C24H29Cl2F3N6.2CH2O2/c1-34(2)11-8-30-14-20-22-16(17-13-15(25)3-5-19(17)32-22)7-10-35(20)12-9-31-21-6-4-18(26)23(33-21)24(27,28)29;2*2-1-3/h3-6,13,20,30,32H,7-12,14H2,1-2H3,(H,31,33);2*1H,(H,2,3). The van der Waals surface area contributed by atoms with Crippen LogP contribution < -0.4 is 10.6 Å². The summed E-state index contributed by atoms with van der Waals surface area (Å²) in [4.78, 5) is 28.5. The first-order chi connectivity index (χ1) is 19.5. The molecule has 0 amide bonds. The first-order valence-corrected chi connectivity index (χ1v) is 13.2. The topological polar surface area (TPSA) is 134 Å². The van der Waals surface area contributed by atoms with Crippen LogP contribution in [0.5, 0.6) is 0 Å². The summed E-state index contributed by atoms with van der Waals surface area (Å²) in [6, 6.07) is 8.67. The molecule has 1 aliphatic heterocycles. The molecule has 41 heavy (non-hydrogen) atoms. The van der Waals surface area contributed by atoms with Gasteiger partial charge in [-0.15, -0.1) is 0 Å². The number of halogens is 5. The van der Waals surface area contributed by atoms with Gasteiger partial charge in [-0.3, -0.25) is 14.5 Å². The minimum Gasteiger partial charge on any atom is -0.483 e. The Hall–Kier alpha value is -3.10. The van der Waals surface area contributed by atoms with Gasteiger partial charge in [-0.05, 0) is 56.4 Å². The maximum absolute atomic E-state index is 13.1. The molecule has 4 rings (SSSR count). The van der Waals surface area contributed by atoms with E-state index >= 15 is 0 Å². The molecule has 15 heteroatoms. The molecule has 3 aromatic rings. The molecule has 0 spiro atoms. The third kappa shape index (κ3) is 10.0. The third-order valence-corrected chi connectivity index (χ3v) is 6.76. The SMILES string of the molecule is CN(C)CCNCC1c2[nH]c3ccc(Cl)cc3c2CCN1CCNc1ccc(Cl)c(C(F)(F)F)n1.O=CO.O=CO. The predicted octanol–water partition coefficient (Wildman–Crippen LogP) is 4.45. The lowest BCUT2D eigenvalue weighted by atomic mass is 9.97. The largest absolute Gasteiger partial charge is 0.483 e. The lowest BCUT2D eigenvalue weighted by molar-refractivity contribution is -0.141. The summed E-state index contributed by atoms with van der Waals surface area (Å²) >= 11 is 11.9. The number of fused-ring (bicyclic) bond motifs is 3. The van der Waals surface area contributed by atoms with Crippen LogP contribution in [0.25, 0.3) is 10.9 Å². The molecule has 10 nitrogen and oxygen atoms in total. The number of anilines is 1. The van der Waals surface area contributed by atoms with Gasteiger partial charge in [0.2, 0.25) is 0 Å². The monoisotopic (exact) mass is 620 g/mol. The van der Waals surface area contributed by atoms with Crippen molar-refractivity contribution in [3.8, 4) is 0 Å². The first kappa shape index (κ1) is 34.1. The van der Waals surface area contributed by atoms with E-state index in [-0.39, 0.29) is 24.8 Å². The molecule has 1 aromatic carbocycles. The molecule has 2 aromatic heterocycles. The Morgan fingerprint density at radius 3 is 2.46 bits per heavy atom. The number of H-pyrrole nitrogens is 1. The van der Waals surface area contributed by atoms with Crippen molar-refractivity contribution in [3.05, 3.63) is 57.3 Å². The van der Waals surface area contributed by atoms with Gasteiger partial charge in [0.25, 0.3) is 12.9 Å². The van der Waals surface area contributed by atoms with Gasteiger partial charge in [-0.1, -0.05) is 23.2 Å². The first-order valence-electron chi connectivity index (χ1n) is 12.5. The van der Waals surface area contributed by atoms with Gasteiger partial charge in [0.15, 0.2) is 5.69 Å². The number of nitrogens with one attached hydrogen (secondary N) is 3. The smallest absolute Gasteiger partial charge is 0.434 e. The fourth-order valence-corrected chi connectivity index (χ4v) is 4.88. The molecule has 226 valence electrons. The molecule has 0 fully saturated rings. The summed E-state index contributed by atoms with van der Waals surface area (Å²) in [5.74, 6) is 0.153. The van der Waals surface area contributed by atoms with Crippen molar-refractivity contribution in [2.24, 2.45) is 0 Å². The second-order valence-electron chi connectivity index (χ2n) is 9.18. The van der Waals surface area contributed by atoms with Crippen LogP contribution in [-0.2, 0) is 22.2 Å². The van der Waals surface area contributed by atoms with E-state index in [1.807, 2.05) is 32.3 Å². The number of carboxylic acid groups (broad SMARTS) is 2. The summed E-state index contributed by atoms with van der Waals surface area (Å²) in [6.45, 7) is 3.94. The van der Waals surface area contributed by atoms with Gasteiger partial charge in [-0.2, -0.15) is 13.2 Å². The van der Waals surface area contributed by atoms with E-state index < -0.39 is 16.9 Å². The lowest BCUT2D eigenvalue weighted by Crippen LogP contribution is -2.43. The van der Waals surface area contributed by atoms with Gasteiger partial charge >= 0.3 is 6.18 Å². The van der Waals surface area contributed by atoms with Crippen LogP contribution in [0.4, 0.5) is 19.0 Å². The Labute approximate surface area is 245 Å². The summed E-state index contributed by atoms with van der Waals surface area (Å²) in [5, 5.41) is 21.8. The number of aromatic amines is 1. The lowest BCUT2D eigenvalue weighted by Gasteiger charge is -2.36. The average molecular weight is 621 g/mol. The van der Waals surface area contributed by atoms with Gasteiger partial charge in [0.05, 0.1) is 11.1 Å².